The highest BCUT2D eigenvalue weighted by atomic mass is 16.5. The van der Waals surface area contributed by atoms with Gasteiger partial charge in [-0.15, -0.1) is 0 Å². The number of benzene rings is 1. The van der Waals surface area contributed by atoms with Gasteiger partial charge in [0.15, 0.2) is 0 Å². The van der Waals surface area contributed by atoms with Crippen LogP contribution in [0.5, 0.6) is 5.75 Å². The lowest BCUT2D eigenvalue weighted by atomic mass is 10.0. The lowest BCUT2D eigenvalue weighted by molar-refractivity contribution is 0.0925. The number of rotatable bonds is 6. The van der Waals surface area contributed by atoms with Gasteiger partial charge in [0.25, 0.3) is 5.91 Å². The van der Waals surface area contributed by atoms with Gasteiger partial charge < -0.3 is 15.2 Å². The van der Waals surface area contributed by atoms with Crippen LogP contribution < -0.4 is 10.1 Å². The molecule has 2 rings (SSSR count). The van der Waals surface area contributed by atoms with Crippen LogP contribution in [0.4, 0.5) is 0 Å². The van der Waals surface area contributed by atoms with Crippen molar-refractivity contribution in [3.05, 3.63) is 47.3 Å². The molecule has 21 heavy (non-hydrogen) atoms. The summed E-state index contributed by atoms with van der Waals surface area (Å²) in [6, 6.07) is 8.80. The quantitative estimate of drug-likeness (QED) is 0.753. The number of aliphatic hydroxyl groups excluding tert-OH is 1. The van der Waals surface area contributed by atoms with Crippen LogP contribution in [0, 0.1) is 6.92 Å². The Labute approximate surface area is 123 Å². The number of hydrogen-bond donors (Lipinski definition) is 3. The van der Waals surface area contributed by atoms with Crippen molar-refractivity contribution in [2.75, 3.05) is 13.7 Å². The molecule has 0 aliphatic heterocycles. The molecule has 0 aliphatic carbocycles. The number of nitrogens with zero attached hydrogens (tertiary/aromatic N) is 1. The molecule has 0 saturated carbocycles. The molecule has 0 spiro atoms. The summed E-state index contributed by atoms with van der Waals surface area (Å²) in [5, 5.41) is 18.7. The van der Waals surface area contributed by atoms with Crippen molar-refractivity contribution in [1.29, 1.82) is 0 Å². The van der Waals surface area contributed by atoms with Crippen LogP contribution in [0.1, 0.15) is 34.2 Å². The minimum Gasteiger partial charge on any atom is -0.497 e. The highest BCUT2D eigenvalue weighted by molar-refractivity contribution is 5.92. The third-order valence-electron chi connectivity index (χ3n) is 3.18. The number of carbonyl (C=O) groups is 1. The molecular weight excluding hydrogens is 270 g/mol. The largest absolute Gasteiger partial charge is 0.497 e. The number of hydrogen-bond acceptors (Lipinski definition) is 4. The second-order valence-corrected chi connectivity index (χ2v) is 4.75. The number of amides is 1. The van der Waals surface area contributed by atoms with Crippen molar-refractivity contribution >= 4 is 5.91 Å². The first-order chi connectivity index (χ1) is 10.1. The molecule has 0 bridgehead atoms. The Kier molecular flexibility index (Phi) is 4.94. The third kappa shape index (κ3) is 3.82. The number of methoxy groups -OCH3 is 1. The fourth-order valence-corrected chi connectivity index (χ4v) is 2.05. The number of aromatic amines is 1. The fraction of sp³-hybridized carbons (Fsp3) is 0.333. The zero-order valence-corrected chi connectivity index (χ0v) is 12.1. The van der Waals surface area contributed by atoms with Crippen molar-refractivity contribution in [3.8, 4) is 5.75 Å². The molecule has 0 aliphatic rings. The first-order valence-corrected chi connectivity index (χ1v) is 6.71. The molecule has 112 valence electrons. The molecule has 1 aromatic heterocycles. The Bertz CT molecular complexity index is 592. The summed E-state index contributed by atoms with van der Waals surface area (Å²) in [6.07, 6.45) is 0.432. The third-order valence-corrected chi connectivity index (χ3v) is 3.18. The highest BCUT2D eigenvalue weighted by Gasteiger charge is 2.17. The van der Waals surface area contributed by atoms with E-state index >= 15 is 0 Å². The molecule has 6 heteroatoms. The number of carbonyl (C=O) groups excluding carboxylic acids is 1. The Morgan fingerprint density at radius 1 is 1.43 bits per heavy atom. The summed E-state index contributed by atoms with van der Waals surface area (Å²) in [6.45, 7) is 1.81. The molecule has 0 fully saturated rings. The molecular formula is C15H19N3O3. The summed E-state index contributed by atoms with van der Waals surface area (Å²) in [7, 11) is 1.60. The Morgan fingerprint density at radius 2 is 2.14 bits per heavy atom. The molecule has 1 aromatic carbocycles. The molecule has 0 unspecified atom stereocenters. The number of aromatic nitrogens is 2. The van der Waals surface area contributed by atoms with Gasteiger partial charge in [0.1, 0.15) is 11.4 Å². The van der Waals surface area contributed by atoms with Crippen LogP contribution in [0.2, 0.25) is 0 Å². The van der Waals surface area contributed by atoms with Gasteiger partial charge in [-0.05, 0) is 37.1 Å². The maximum atomic E-state index is 12.1. The predicted molar refractivity (Wildman–Crippen MR) is 78.2 cm³/mol. The van der Waals surface area contributed by atoms with E-state index in [-0.39, 0.29) is 18.6 Å². The van der Waals surface area contributed by atoms with Gasteiger partial charge in [-0.25, -0.2) is 0 Å². The van der Waals surface area contributed by atoms with Crippen molar-refractivity contribution in [2.45, 2.75) is 19.4 Å². The Hall–Kier alpha value is -2.34. The Morgan fingerprint density at radius 3 is 2.67 bits per heavy atom. The topological polar surface area (TPSA) is 87.2 Å². The van der Waals surface area contributed by atoms with E-state index in [1.165, 1.54) is 0 Å². The Balaban J connectivity index is 2.12. The van der Waals surface area contributed by atoms with Crippen LogP contribution in [-0.2, 0) is 0 Å². The van der Waals surface area contributed by atoms with Crippen LogP contribution in [0.3, 0.4) is 0 Å². The number of nitrogens with one attached hydrogen (secondary N) is 2. The van der Waals surface area contributed by atoms with Crippen molar-refractivity contribution in [2.24, 2.45) is 0 Å². The van der Waals surface area contributed by atoms with Gasteiger partial charge in [-0.2, -0.15) is 5.10 Å². The van der Waals surface area contributed by atoms with E-state index < -0.39 is 0 Å². The van der Waals surface area contributed by atoms with Gasteiger partial charge in [0.05, 0.1) is 13.2 Å². The monoisotopic (exact) mass is 289 g/mol. The normalized spacial score (nSPS) is 12.0. The molecule has 0 saturated heterocycles. The highest BCUT2D eigenvalue weighted by Crippen LogP contribution is 2.20. The minimum absolute atomic E-state index is 0.0173. The van der Waals surface area contributed by atoms with E-state index in [4.69, 9.17) is 4.74 Å². The molecule has 2 aromatic rings. The zero-order chi connectivity index (χ0) is 15.2. The van der Waals surface area contributed by atoms with Crippen molar-refractivity contribution in [1.82, 2.24) is 15.5 Å². The van der Waals surface area contributed by atoms with Crippen molar-refractivity contribution < 1.29 is 14.6 Å². The van der Waals surface area contributed by atoms with Crippen LogP contribution in [-0.4, -0.2) is 34.9 Å². The summed E-state index contributed by atoms with van der Waals surface area (Å²) >= 11 is 0. The van der Waals surface area contributed by atoms with Crippen LogP contribution in [0.25, 0.3) is 0 Å². The predicted octanol–water partition coefficient (Wildman–Crippen LogP) is 1.58. The molecule has 1 heterocycles. The zero-order valence-electron chi connectivity index (χ0n) is 12.1. The molecule has 0 radical (unpaired) electrons. The summed E-state index contributed by atoms with van der Waals surface area (Å²) in [4.78, 5) is 12.1. The lowest BCUT2D eigenvalue weighted by Crippen LogP contribution is -2.29. The summed E-state index contributed by atoms with van der Waals surface area (Å²) in [5.74, 6) is 0.476. The van der Waals surface area contributed by atoms with E-state index in [0.717, 1.165) is 17.0 Å². The standard InChI is InChI=1S/C15H19N3O3/c1-10-9-14(18-17-10)15(20)16-13(7-8-19)11-3-5-12(21-2)6-4-11/h3-6,9,13,19H,7-8H2,1-2H3,(H,16,20)(H,17,18)/t13-/m0/s1. The number of aryl methyl sites for hydroxylation is 1. The number of aliphatic hydroxyl groups is 1. The maximum Gasteiger partial charge on any atom is 0.272 e. The first kappa shape index (κ1) is 15.1. The lowest BCUT2D eigenvalue weighted by Gasteiger charge is -2.18. The van der Waals surface area contributed by atoms with Crippen LogP contribution >= 0.6 is 0 Å². The molecule has 1 amide bonds. The molecule has 1 atom stereocenters. The second kappa shape index (κ2) is 6.90. The van der Waals surface area contributed by atoms with Gasteiger partial charge in [-0.1, -0.05) is 12.1 Å². The van der Waals surface area contributed by atoms with Crippen molar-refractivity contribution in [3.63, 3.8) is 0 Å². The summed E-state index contributed by atoms with van der Waals surface area (Å²) in [5.41, 5.74) is 2.07. The summed E-state index contributed by atoms with van der Waals surface area (Å²) < 4.78 is 5.11. The van der Waals surface area contributed by atoms with E-state index in [9.17, 15) is 9.90 Å². The van der Waals surface area contributed by atoms with E-state index in [1.807, 2.05) is 31.2 Å². The van der Waals surface area contributed by atoms with Gasteiger partial charge >= 0.3 is 0 Å². The number of H-pyrrole nitrogens is 1. The maximum absolute atomic E-state index is 12.1. The fourth-order valence-electron chi connectivity index (χ4n) is 2.05. The average molecular weight is 289 g/mol. The molecule has 6 nitrogen and oxygen atoms in total. The second-order valence-electron chi connectivity index (χ2n) is 4.75. The van der Waals surface area contributed by atoms with E-state index in [1.54, 1.807) is 13.2 Å². The first-order valence-electron chi connectivity index (χ1n) is 6.71. The van der Waals surface area contributed by atoms with Gasteiger partial charge in [0.2, 0.25) is 0 Å². The van der Waals surface area contributed by atoms with Gasteiger partial charge in [0, 0.05) is 12.3 Å². The number of ether oxygens (including phenoxy) is 1. The minimum atomic E-state index is -0.273. The average Bonchev–Trinajstić information content (AvgIpc) is 2.93. The van der Waals surface area contributed by atoms with Gasteiger partial charge in [-0.3, -0.25) is 9.89 Å². The SMILES string of the molecule is COc1ccc([C@H](CCO)NC(=O)c2cc(C)[nH]n2)cc1. The van der Waals surface area contributed by atoms with E-state index in [0.29, 0.717) is 12.1 Å². The smallest absolute Gasteiger partial charge is 0.272 e. The molecule has 3 N–H and O–H groups in total. The van der Waals surface area contributed by atoms with E-state index in [2.05, 4.69) is 15.5 Å². The van der Waals surface area contributed by atoms with Crippen LogP contribution in [0.15, 0.2) is 30.3 Å².